The molecule has 1 aromatic rings. The van der Waals surface area contributed by atoms with Gasteiger partial charge in [0.15, 0.2) is 19.7 Å². The van der Waals surface area contributed by atoms with E-state index in [4.69, 9.17) is 23.4 Å². The third kappa shape index (κ3) is 18.4. The maximum absolute atomic E-state index is 14.5. The summed E-state index contributed by atoms with van der Waals surface area (Å²) < 4.78 is 30.1. The van der Waals surface area contributed by atoms with Crippen molar-refractivity contribution in [3.05, 3.63) is 42.0 Å². The van der Waals surface area contributed by atoms with Gasteiger partial charge in [-0.3, -0.25) is 9.59 Å². The zero-order chi connectivity index (χ0) is 44.9. The van der Waals surface area contributed by atoms with E-state index in [9.17, 15) is 19.5 Å². The SMILES string of the molecule is CC#CCOc1ccc(C[C@H](NC(=O)[C@@H](/C=C/CCCCCCC2(CCCCCCC)OCCO2)[C@@](O)(CCO[Si](C)(C)C(C)(C)C)C(=O)OC(C)(C)C)C(=O)NC)cc1. The zero-order valence-corrected chi connectivity index (χ0v) is 40.1. The van der Waals surface area contributed by atoms with Crippen LogP contribution in [-0.4, -0.2) is 87.7 Å². The number of hydrogen-bond acceptors (Lipinski definition) is 9. The molecule has 11 nitrogen and oxygen atoms in total. The van der Waals surface area contributed by atoms with Crippen molar-refractivity contribution in [2.75, 3.05) is 33.5 Å². The third-order valence-electron chi connectivity index (χ3n) is 11.5. The van der Waals surface area contributed by atoms with Crippen LogP contribution in [0.4, 0.5) is 0 Å². The van der Waals surface area contributed by atoms with Crippen LogP contribution < -0.4 is 15.4 Å². The maximum atomic E-state index is 14.5. The molecule has 1 heterocycles. The molecule has 3 atom stereocenters. The largest absolute Gasteiger partial charge is 0.481 e. The lowest BCUT2D eigenvalue weighted by atomic mass is 9.82. The summed E-state index contributed by atoms with van der Waals surface area (Å²) in [5.41, 5.74) is -2.46. The fraction of sp³-hybridized carbons (Fsp3) is 0.729. The molecule has 1 aromatic carbocycles. The second-order valence-corrected chi connectivity index (χ2v) is 23.5. The average molecular weight is 857 g/mol. The van der Waals surface area contributed by atoms with Crippen molar-refractivity contribution < 1.29 is 42.9 Å². The van der Waals surface area contributed by atoms with Gasteiger partial charge in [0.05, 0.1) is 19.1 Å². The first kappa shape index (κ1) is 52.9. The molecule has 1 aliphatic heterocycles. The van der Waals surface area contributed by atoms with E-state index in [2.05, 4.69) is 63.3 Å². The van der Waals surface area contributed by atoms with E-state index in [1.165, 1.54) is 32.7 Å². The average Bonchev–Trinajstić information content (AvgIpc) is 3.64. The van der Waals surface area contributed by atoms with Crippen LogP contribution in [0.25, 0.3) is 0 Å². The predicted molar refractivity (Wildman–Crippen MR) is 242 cm³/mol. The highest BCUT2D eigenvalue weighted by Crippen LogP contribution is 2.38. The molecule has 12 heteroatoms. The molecule has 2 rings (SSSR count). The summed E-state index contributed by atoms with van der Waals surface area (Å²) in [7, 11) is -0.788. The Kier molecular flexibility index (Phi) is 22.6. The molecule has 1 fully saturated rings. The highest BCUT2D eigenvalue weighted by Gasteiger charge is 2.50. The molecule has 0 saturated carbocycles. The molecule has 0 bridgehead atoms. The molecule has 3 N–H and O–H groups in total. The monoisotopic (exact) mass is 857 g/mol. The zero-order valence-electron chi connectivity index (χ0n) is 39.1. The van der Waals surface area contributed by atoms with Crippen molar-refractivity contribution in [1.29, 1.82) is 0 Å². The summed E-state index contributed by atoms with van der Waals surface area (Å²) in [6.45, 7) is 21.3. The minimum absolute atomic E-state index is 0.0364. The van der Waals surface area contributed by atoms with Crippen molar-refractivity contribution in [1.82, 2.24) is 10.6 Å². The number of benzene rings is 1. The molecule has 0 aromatic heterocycles. The molecule has 0 spiro atoms. The van der Waals surface area contributed by atoms with Gasteiger partial charge in [0.2, 0.25) is 11.8 Å². The number of amides is 2. The molecule has 0 radical (unpaired) electrons. The second kappa shape index (κ2) is 25.7. The molecule has 1 aliphatic rings. The Bertz CT molecular complexity index is 1530. The van der Waals surface area contributed by atoms with Crippen LogP contribution >= 0.6 is 0 Å². The second-order valence-electron chi connectivity index (χ2n) is 18.7. The van der Waals surface area contributed by atoms with Gasteiger partial charge in [0.25, 0.3) is 0 Å². The minimum atomic E-state index is -2.30. The Balaban J connectivity index is 2.31. The van der Waals surface area contributed by atoms with Crippen molar-refractivity contribution in [3.63, 3.8) is 0 Å². The molecular weight excluding hydrogens is 777 g/mol. The Hall–Kier alpha value is -3.21. The third-order valence-corrected chi connectivity index (χ3v) is 16.1. The van der Waals surface area contributed by atoms with Gasteiger partial charge in [-0.2, -0.15) is 0 Å². The van der Waals surface area contributed by atoms with E-state index >= 15 is 0 Å². The number of allylic oxidation sites excluding steroid dienone is 1. The smallest absolute Gasteiger partial charge is 0.339 e. The number of carbonyl (C=O) groups is 3. The van der Waals surface area contributed by atoms with Gasteiger partial charge >= 0.3 is 5.97 Å². The fourth-order valence-electron chi connectivity index (χ4n) is 6.84. The quantitative estimate of drug-likeness (QED) is 0.0260. The summed E-state index contributed by atoms with van der Waals surface area (Å²) in [6, 6.07) is 6.22. The number of carbonyl (C=O) groups excluding carboxylic acids is 3. The lowest BCUT2D eigenvalue weighted by molar-refractivity contribution is -0.185. The maximum Gasteiger partial charge on any atom is 0.339 e. The summed E-state index contributed by atoms with van der Waals surface area (Å²) in [4.78, 5) is 41.8. The highest BCUT2D eigenvalue weighted by molar-refractivity contribution is 6.74. The van der Waals surface area contributed by atoms with E-state index in [0.29, 0.717) is 25.4 Å². The van der Waals surface area contributed by atoms with E-state index < -0.39 is 55.1 Å². The Morgan fingerprint density at radius 1 is 0.917 bits per heavy atom. The number of nitrogens with one attached hydrogen (secondary N) is 2. The van der Waals surface area contributed by atoms with E-state index in [1.54, 1.807) is 45.9 Å². The standard InChI is InChI=1S/C48H80N2O9Si/c1-12-14-16-20-23-30-47(56-35-36-57-47)31-24-21-18-17-19-22-25-40(48(54,44(53)59-45(3,4)5)32-34-58-60(10,11)46(6,7)8)42(51)50-41(43(52)49-9)37-38-26-28-39(29-27-38)55-33-15-13-2/h22,25-29,40-41,54H,12,14,16-21,23-24,30-37H2,1-11H3,(H,49,52)(H,50,51)/b25-22+/t40-,41+,48+/m1/s1. The lowest BCUT2D eigenvalue weighted by Crippen LogP contribution is -2.57. The molecule has 60 heavy (non-hydrogen) atoms. The van der Waals surface area contributed by atoms with Gasteiger partial charge in [-0.05, 0) is 89.2 Å². The number of hydrogen-bond donors (Lipinski definition) is 3. The van der Waals surface area contributed by atoms with Crippen LogP contribution in [0.15, 0.2) is 36.4 Å². The molecule has 2 amide bonds. The highest BCUT2D eigenvalue weighted by atomic mass is 28.4. The van der Waals surface area contributed by atoms with Crippen LogP contribution in [0.3, 0.4) is 0 Å². The first-order chi connectivity index (χ1) is 28.2. The van der Waals surface area contributed by atoms with Crippen molar-refractivity contribution in [2.24, 2.45) is 5.92 Å². The minimum Gasteiger partial charge on any atom is -0.481 e. The number of ether oxygens (including phenoxy) is 4. The van der Waals surface area contributed by atoms with Gasteiger partial charge in [-0.1, -0.05) is 96.4 Å². The normalized spacial score (nSPS) is 16.3. The Labute approximate surface area is 364 Å². The Morgan fingerprint density at radius 3 is 2.07 bits per heavy atom. The number of rotatable bonds is 27. The number of aliphatic hydroxyl groups is 1. The predicted octanol–water partition coefficient (Wildman–Crippen LogP) is 8.96. The van der Waals surface area contributed by atoms with Crippen molar-refractivity contribution in [3.8, 4) is 17.6 Å². The van der Waals surface area contributed by atoms with E-state index in [0.717, 1.165) is 50.5 Å². The topological polar surface area (TPSA) is 142 Å². The molecule has 340 valence electrons. The molecule has 0 aliphatic carbocycles. The molecule has 0 unspecified atom stereocenters. The van der Waals surface area contributed by atoms with E-state index in [-0.39, 0.29) is 31.1 Å². The summed E-state index contributed by atoms with van der Waals surface area (Å²) >= 11 is 0. The summed E-state index contributed by atoms with van der Waals surface area (Å²) in [6.07, 6.45) is 15.7. The number of likely N-dealkylation sites (N-methyl/N-ethyl adjacent to an activating group) is 1. The van der Waals surface area contributed by atoms with Crippen LogP contribution in [-0.2, 0) is 39.4 Å². The van der Waals surface area contributed by atoms with Gasteiger partial charge in [0, 0.05) is 39.3 Å². The summed E-state index contributed by atoms with van der Waals surface area (Å²) in [5.74, 6) is 2.43. The fourth-order valence-corrected chi connectivity index (χ4v) is 7.88. The molecular formula is C48H80N2O9Si. The van der Waals surface area contributed by atoms with Gasteiger partial charge in [-0.25, -0.2) is 4.79 Å². The van der Waals surface area contributed by atoms with Crippen molar-refractivity contribution in [2.45, 2.75) is 186 Å². The van der Waals surface area contributed by atoms with Crippen molar-refractivity contribution >= 4 is 26.1 Å². The molecule has 1 saturated heterocycles. The van der Waals surface area contributed by atoms with Crippen LogP contribution in [0, 0.1) is 17.8 Å². The van der Waals surface area contributed by atoms with Gasteiger partial charge in [0.1, 0.15) is 24.0 Å². The van der Waals surface area contributed by atoms with Crippen LogP contribution in [0.1, 0.15) is 144 Å². The van der Waals surface area contributed by atoms with Gasteiger partial charge in [-0.15, -0.1) is 5.92 Å². The number of unbranched alkanes of at least 4 members (excludes halogenated alkanes) is 8. The van der Waals surface area contributed by atoms with Gasteiger partial charge < -0.3 is 39.1 Å². The Morgan fingerprint density at radius 2 is 1.52 bits per heavy atom. The first-order valence-electron chi connectivity index (χ1n) is 22.4. The number of esters is 1. The first-order valence-corrected chi connectivity index (χ1v) is 25.3. The summed E-state index contributed by atoms with van der Waals surface area (Å²) in [5, 5.41) is 17.9. The van der Waals surface area contributed by atoms with Crippen LogP contribution in [0.5, 0.6) is 5.75 Å². The van der Waals surface area contributed by atoms with E-state index in [1.807, 2.05) is 18.2 Å². The lowest BCUT2D eigenvalue weighted by Gasteiger charge is -2.38. The van der Waals surface area contributed by atoms with Crippen LogP contribution in [0.2, 0.25) is 18.1 Å².